The van der Waals surface area contributed by atoms with Crippen LogP contribution in [0.1, 0.15) is 40.0 Å². The number of ether oxygens (including phenoxy) is 1. The molecular weight excluding hydrogens is 208 g/mol. The van der Waals surface area contributed by atoms with Crippen LogP contribution in [0.2, 0.25) is 0 Å². The number of likely N-dealkylation sites (N-methyl/N-ethyl adjacent to an activating group) is 1. The van der Waals surface area contributed by atoms with Gasteiger partial charge >= 0.3 is 6.09 Å². The van der Waals surface area contributed by atoms with Crippen molar-refractivity contribution in [2.45, 2.75) is 57.8 Å². The first kappa shape index (κ1) is 13.3. The van der Waals surface area contributed by atoms with Crippen molar-refractivity contribution in [2.24, 2.45) is 0 Å². The summed E-state index contributed by atoms with van der Waals surface area (Å²) in [5, 5.41) is 11.3. The quantitative estimate of drug-likeness (QED) is 0.701. The SMILES string of the molecule is CN(NC(=O)OC(C)(C)C)[C@@H]1CCC[C@@H]1O. The summed E-state index contributed by atoms with van der Waals surface area (Å²) in [6.45, 7) is 5.45. The van der Waals surface area contributed by atoms with Crippen molar-refractivity contribution in [3.63, 3.8) is 0 Å². The molecule has 94 valence electrons. The molecule has 0 aromatic heterocycles. The Morgan fingerprint density at radius 2 is 2.06 bits per heavy atom. The van der Waals surface area contributed by atoms with Gasteiger partial charge in [-0.25, -0.2) is 9.80 Å². The van der Waals surface area contributed by atoms with Crippen LogP contribution in [0.25, 0.3) is 0 Å². The average molecular weight is 230 g/mol. The van der Waals surface area contributed by atoms with E-state index in [4.69, 9.17) is 4.74 Å². The van der Waals surface area contributed by atoms with E-state index in [1.165, 1.54) is 0 Å². The van der Waals surface area contributed by atoms with Gasteiger partial charge in [0.2, 0.25) is 0 Å². The van der Waals surface area contributed by atoms with Crippen molar-refractivity contribution >= 4 is 6.09 Å². The maximum atomic E-state index is 11.5. The van der Waals surface area contributed by atoms with Crippen LogP contribution in [-0.4, -0.2) is 41.0 Å². The lowest BCUT2D eigenvalue weighted by atomic mass is 10.2. The zero-order valence-electron chi connectivity index (χ0n) is 10.5. The number of hydrogen-bond donors (Lipinski definition) is 2. The van der Waals surface area contributed by atoms with Gasteiger partial charge in [0.15, 0.2) is 0 Å². The summed E-state index contributed by atoms with van der Waals surface area (Å²) < 4.78 is 5.13. The van der Waals surface area contributed by atoms with E-state index in [2.05, 4.69) is 5.43 Å². The lowest BCUT2D eigenvalue weighted by Gasteiger charge is -2.28. The zero-order chi connectivity index (χ0) is 12.3. The fraction of sp³-hybridized carbons (Fsp3) is 0.909. The number of carbonyl (C=O) groups excluding carboxylic acids is 1. The molecule has 2 N–H and O–H groups in total. The number of rotatable bonds is 2. The fourth-order valence-electron chi connectivity index (χ4n) is 1.90. The summed E-state index contributed by atoms with van der Waals surface area (Å²) in [6.07, 6.45) is 1.85. The summed E-state index contributed by atoms with van der Waals surface area (Å²) in [7, 11) is 1.75. The molecule has 0 spiro atoms. The van der Waals surface area contributed by atoms with Crippen LogP contribution in [0.15, 0.2) is 0 Å². The predicted octanol–water partition coefficient (Wildman–Crippen LogP) is 1.27. The Balaban J connectivity index is 2.39. The molecule has 1 saturated carbocycles. The summed E-state index contributed by atoms with van der Waals surface area (Å²) >= 11 is 0. The third kappa shape index (κ3) is 3.98. The monoisotopic (exact) mass is 230 g/mol. The molecule has 0 aromatic carbocycles. The van der Waals surface area contributed by atoms with E-state index in [9.17, 15) is 9.90 Å². The summed E-state index contributed by atoms with van der Waals surface area (Å²) in [5.74, 6) is 0. The van der Waals surface area contributed by atoms with Crippen LogP contribution < -0.4 is 5.43 Å². The highest BCUT2D eigenvalue weighted by Gasteiger charge is 2.30. The molecule has 1 fully saturated rings. The third-order valence-electron chi connectivity index (χ3n) is 2.61. The van der Waals surface area contributed by atoms with Crippen molar-refractivity contribution in [3.05, 3.63) is 0 Å². The Morgan fingerprint density at radius 3 is 2.50 bits per heavy atom. The van der Waals surface area contributed by atoms with E-state index < -0.39 is 11.7 Å². The molecule has 1 rings (SSSR count). The molecule has 0 bridgehead atoms. The minimum absolute atomic E-state index is 0.00693. The van der Waals surface area contributed by atoms with Gasteiger partial charge in [0, 0.05) is 7.05 Å². The van der Waals surface area contributed by atoms with Crippen LogP contribution in [0.4, 0.5) is 4.79 Å². The van der Waals surface area contributed by atoms with Gasteiger partial charge in [-0.1, -0.05) is 0 Å². The van der Waals surface area contributed by atoms with Gasteiger partial charge in [-0.2, -0.15) is 0 Å². The van der Waals surface area contributed by atoms with Crippen molar-refractivity contribution in [1.29, 1.82) is 0 Å². The van der Waals surface area contributed by atoms with Crippen LogP contribution >= 0.6 is 0 Å². The molecule has 1 aliphatic rings. The Labute approximate surface area is 96.7 Å². The molecule has 0 aliphatic heterocycles. The van der Waals surface area contributed by atoms with Gasteiger partial charge in [0.1, 0.15) is 5.60 Å². The van der Waals surface area contributed by atoms with Crippen LogP contribution in [0, 0.1) is 0 Å². The lowest BCUT2D eigenvalue weighted by molar-refractivity contribution is 0.0151. The first-order chi connectivity index (χ1) is 7.29. The molecule has 5 heteroatoms. The van der Waals surface area contributed by atoms with E-state index in [-0.39, 0.29) is 12.1 Å². The zero-order valence-corrected chi connectivity index (χ0v) is 10.5. The Bertz CT molecular complexity index is 250. The first-order valence-corrected chi connectivity index (χ1v) is 5.70. The maximum Gasteiger partial charge on any atom is 0.422 e. The molecule has 1 amide bonds. The normalized spacial score (nSPS) is 25.9. The second kappa shape index (κ2) is 5.01. The summed E-state index contributed by atoms with van der Waals surface area (Å²) in [5.41, 5.74) is 2.12. The van der Waals surface area contributed by atoms with E-state index >= 15 is 0 Å². The molecule has 16 heavy (non-hydrogen) atoms. The van der Waals surface area contributed by atoms with E-state index in [0.717, 1.165) is 19.3 Å². The minimum atomic E-state index is -0.501. The summed E-state index contributed by atoms with van der Waals surface area (Å²) in [4.78, 5) is 11.5. The van der Waals surface area contributed by atoms with Crippen molar-refractivity contribution in [2.75, 3.05) is 7.05 Å². The Kier molecular flexibility index (Phi) is 4.15. The number of aliphatic hydroxyl groups excluding tert-OH is 1. The number of amides is 1. The molecule has 5 nitrogen and oxygen atoms in total. The molecule has 0 radical (unpaired) electrons. The predicted molar refractivity (Wildman–Crippen MR) is 60.8 cm³/mol. The topological polar surface area (TPSA) is 61.8 Å². The van der Waals surface area contributed by atoms with Gasteiger partial charge < -0.3 is 9.84 Å². The largest absolute Gasteiger partial charge is 0.443 e. The second-order valence-corrected chi connectivity index (χ2v) is 5.29. The molecule has 0 aromatic rings. The number of nitrogens with zero attached hydrogens (tertiary/aromatic N) is 1. The Hall–Kier alpha value is -0.810. The third-order valence-corrected chi connectivity index (χ3v) is 2.61. The second-order valence-electron chi connectivity index (χ2n) is 5.29. The van der Waals surface area contributed by atoms with Crippen molar-refractivity contribution in [1.82, 2.24) is 10.4 Å². The van der Waals surface area contributed by atoms with Gasteiger partial charge in [-0.15, -0.1) is 0 Å². The van der Waals surface area contributed by atoms with Gasteiger partial charge in [0.25, 0.3) is 0 Å². The van der Waals surface area contributed by atoms with Crippen LogP contribution in [0.3, 0.4) is 0 Å². The average Bonchev–Trinajstić information content (AvgIpc) is 2.47. The minimum Gasteiger partial charge on any atom is -0.443 e. The number of nitrogens with one attached hydrogen (secondary N) is 1. The lowest BCUT2D eigenvalue weighted by Crippen LogP contribution is -2.50. The molecule has 2 atom stereocenters. The maximum absolute atomic E-state index is 11.5. The molecule has 0 heterocycles. The fourth-order valence-corrected chi connectivity index (χ4v) is 1.90. The number of carbonyl (C=O) groups is 1. The van der Waals surface area contributed by atoms with Gasteiger partial charge in [-0.3, -0.25) is 5.43 Å². The first-order valence-electron chi connectivity index (χ1n) is 5.70. The van der Waals surface area contributed by atoms with E-state index in [0.29, 0.717) is 0 Å². The smallest absolute Gasteiger partial charge is 0.422 e. The number of hydrogen-bond acceptors (Lipinski definition) is 4. The van der Waals surface area contributed by atoms with Crippen molar-refractivity contribution in [3.8, 4) is 0 Å². The highest BCUT2D eigenvalue weighted by molar-refractivity contribution is 5.67. The molecular formula is C11H22N2O3. The van der Waals surface area contributed by atoms with Gasteiger partial charge in [-0.05, 0) is 40.0 Å². The van der Waals surface area contributed by atoms with Crippen LogP contribution in [-0.2, 0) is 4.74 Å². The number of hydrazine groups is 1. The highest BCUT2D eigenvalue weighted by Crippen LogP contribution is 2.22. The summed E-state index contributed by atoms with van der Waals surface area (Å²) in [6, 6.07) is -0.00693. The Morgan fingerprint density at radius 1 is 1.44 bits per heavy atom. The van der Waals surface area contributed by atoms with Gasteiger partial charge in [0.05, 0.1) is 12.1 Å². The molecule has 0 unspecified atom stereocenters. The number of aliphatic hydroxyl groups is 1. The van der Waals surface area contributed by atoms with Crippen LogP contribution in [0.5, 0.6) is 0 Å². The highest BCUT2D eigenvalue weighted by atomic mass is 16.6. The van der Waals surface area contributed by atoms with Crippen molar-refractivity contribution < 1.29 is 14.6 Å². The van der Waals surface area contributed by atoms with E-state index in [1.807, 2.05) is 20.8 Å². The molecule has 1 aliphatic carbocycles. The standard InChI is InChI=1S/C11H22N2O3/c1-11(2,3)16-10(15)12-13(4)8-6-5-7-9(8)14/h8-9,14H,5-7H2,1-4H3,(H,12,15)/t8-,9+/m1/s1. The van der Waals surface area contributed by atoms with E-state index in [1.54, 1.807) is 12.1 Å². The molecule has 0 saturated heterocycles.